The highest BCUT2D eigenvalue weighted by atomic mass is 16.6. The summed E-state index contributed by atoms with van der Waals surface area (Å²) < 4.78 is 14.8. The van der Waals surface area contributed by atoms with E-state index < -0.39 is 12.1 Å². The van der Waals surface area contributed by atoms with Gasteiger partial charge in [0.15, 0.2) is 0 Å². The number of anilines is 1. The molecule has 1 atom stereocenters. The molecule has 1 aromatic rings. The number of carbonyl (C=O) groups is 2. The Balaban J connectivity index is 2.72. The lowest BCUT2D eigenvalue weighted by Gasteiger charge is -2.18. The summed E-state index contributed by atoms with van der Waals surface area (Å²) in [7, 11) is 2.85. The maximum Gasteiger partial charge on any atom is 0.339 e. The normalized spacial score (nSPS) is 11.6. The summed E-state index contributed by atoms with van der Waals surface area (Å²) in [6.07, 6.45) is -0.428. The van der Waals surface area contributed by atoms with Gasteiger partial charge in [-0.2, -0.15) is 0 Å². The fourth-order valence-corrected chi connectivity index (χ4v) is 1.70. The molecule has 0 radical (unpaired) electrons. The molecule has 0 heterocycles. The summed E-state index contributed by atoms with van der Waals surface area (Å²) in [5.41, 5.74) is 1.04. The number of hydrogen-bond donors (Lipinski definition) is 1. The minimum Gasteiger partial charge on any atom is -0.465 e. The first-order valence-electron chi connectivity index (χ1n) is 6.15. The van der Waals surface area contributed by atoms with E-state index >= 15 is 0 Å². The molecule has 6 nitrogen and oxygen atoms in total. The number of nitrogens with one attached hydrogen (secondary N) is 1. The van der Waals surface area contributed by atoms with Gasteiger partial charge in [0, 0.05) is 19.7 Å². The van der Waals surface area contributed by atoms with E-state index in [-0.39, 0.29) is 12.6 Å². The fraction of sp³-hybridized carbons (Fsp3) is 0.429. The van der Waals surface area contributed by atoms with E-state index in [2.05, 4.69) is 5.32 Å². The van der Waals surface area contributed by atoms with E-state index in [1.807, 2.05) is 0 Å². The molecule has 1 unspecified atom stereocenters. The standard InChI is InChI=1S/C14H19NO5/c1-10(16)20-11(9-18-2)8-15-13-7-5-4-6-12(13)14(17)19-3/h4-7,11,15H,8-9H2,1-3H3. The summed E-state index contributed by atoms with van der Waals surface area (Å²) in [6.45, 7) is 1.94. The van der Waals surface area contributed by atoms with Crippen LogP contribution in [0, 0.1) is 0 Å². The lowest BCUT2D eigenvalue weighted by Crippen LogP contribution is -2.30. The molecule has 0 aliphatic carbocycles. The van der Waals surface area contributed by atoms with Crippen LogP contribution in [0.25, 0.3) is 0 Å². The molecule has 110 valence electrons. The lowest BCUT2D eigenvalue weighted by atomic mass is 10.1. The fourth-order valence-electron chi connectivity index (χ4n) is 1.70. The van der Waals surface area contributed by atoms with Crippen LogP contribution in [0.4, 0.5) is 5.69 Å². The zero-order valence-electron chi connectivity index (χ0n) is 11.8. The number of para-hydroxylation sites is 1. The van der Waals surface area contributed by atoms with Gasteiger partial charge in [-0.3, -0.25) is 4.79 Å². The van der Waals surface area contributed by atoms with E-state index in [0.717, 1.165) is 0 Å². The predicted octanol–water partition coefficient (Wildman–Crippen LogP) is 1.46. The molecule has 0 amide bonds. The molecule has 0 fully saturated rings. The van der Waals surface area contributed by atoms with Gasteiger partial charge >= 0.3 is 11.9 Å². The van der Waals surface area contributed by atoms with E-state index in [1.165, 1.54) is 21.1 Å². The molecule has 20 heavy (non-hydrogen) atoms. The first kappa shape index (κ1) is 16.0. The Morgan fingerprint density at radius 3 is 2.55 bits per heavy atom. The SMILES string of the molecule is COCC(CNc1ccccc1C(=O)OC)OC(C)=O. The molecule has 1 N–H and O–H groups in total. The molecule has 6 heteroatoms. The smallest absolute Gasteiger partial charge is 0.339 e. The van der Waals surface area contributed by atoms with Crippen molar-refractivity contribution >= 4 is 17.6 Å². The van der Waals surface area contributed by atoms with Crippen molar-refractivity contribution < 1.29 is 23.8 Å². The van der Waals surface area contributed by atoms with Crippen molar-refractivity contribution in [3.8, 4) is 0 Å². The lowest BCUT2D eigenvalue weighted by molar-refractivity contribution is -0.148. The van der Waals surface area contributed by atoms with Gasteiger partial charge < -0.3 is 19.5 Å². The zero-order valence-corrected chi connectivity index (χ0v) is 11.8. The van der Waals surface area contributed by atoms with Crippen LogP contribution in [0.3, 0.4) is 0 Å². The average Bonchev–Trinajstić information content (AvgIpc) is 2.44. The topological polar surface area (TPSA) is 73.9 Å². The summed E-state index contributed by atoms with van der Waals surface area (Å²) >= 11 is 0. The number of benzene rings is 1. The number of carbonyl (C=O) groups excluding carboxylic acids is 2. The first-order chi connectivity index (χ1) is 9.58. The third-order valence-electron chi connectivity index (χ3n) is 2.54. The van der Waals surface area contributed by atoms with Gasteiger partial charge in [-0.15, -0.1) is 0 Å². The number of rotatable bonds is 7. The molecule has 1 rings (SSSR count). The molecule has 0 saturated heterocycles. The minimum absolute atomic E-state index is 0.271. The van der Waals surface area contributed by atoms with Gasteiger partial charge in [0.25, 0.3) is 0 Å². The summed E-state index contributed by atoms with van der Waals surface area (Å²) in [5, 5.41) is 3.06. The Morgan fingerprint density at radius 2 is 1.95 bits per heavy atom. The highest BCUT2D eigenvalue weighted by Crippen LogP contribution is 2.16. The Labute approximate surface area is 118 Å². The number of ether oxygens (including phenoxy) is 3. The Kier molecular flexibility index (Phi) is 6.52. The van der Waals surface area contributed by atoms with E-state index in [0.29, 0.717) is 17.8 Å². The summed E-state index contributed by atoms with van der Waals surface area (Å²) in [4.78, 5) is 22.6. The predicted molar refractivity (Wildman–Crippen MR) is 73.7 cm³/mol. The van der Waals surface area contributed by atoms with Crippen molar-refractivity contribution in [1.29, 1.82) is 0 Å². The van der Waals surface area contributed by atoms with Crippen LogP contribution in [0.2, 0.25) is 0 Å². The number of esters is 2. The van der Waals surface area contributed by atoms with E-state index in [9.17, 15) is 9.59 Å². The molecular formula is C14H19NO5. The van der Waals surface area contributed by atoms with Crippen LogP contribution in [-0.4, -0.2) is 45.4 Å². The molecule has 0 aliphatic heterocycles. The summed E-state index contributed by atoms with van der Waals surface area (Å²) in [5.74, 6) is -0.806. The van der Waals surface area contributed by atoms with Crippen LogP contribution >= 0.6 is 0 Å². The van der Waals surface area contributed by atoms with Crippen molar-refractivity contribution in [3.63, 3.8) is 0 Å². The third-order valence-corrected chi connectivity index (χ3v) is 2.54. The van der Waals surface area contributed by atoms with Gasteiger partial charge in [0.1, 0.15) is 6.10 Å². The zero-order chi connectivity index (χ0) is 15.0. The van der Waals surface area contributed by atoms with Crippen LogP contribution in [0.1, 0.15) is 17.3 Å². The van der Waals surface area contributed by atoms with Crippen molar-refractivity contribution in [1.82, 2.24) is 0 Å². The van der Waals surface area contributed by atoms with Crippen molar-refractivity contribution in [3.05, 3.63) is 29.8 Å². The van der Waals surface area contributed by atoms with Gasteiger partial charge in [-0.1, -0.05) is 12.1 Å². The van der Waals surface area contributed by atoms with E-state index in [1.54, 1.807) is 24.3 Å². The Hall–Kier alpha value is -2.08. The second kappa shape index (κ2) is 8.16. The Morgan fingerprint density at radius 1 is 1.25 bits per heavy atom. The molecule has 0 aromatic heterocycles. The number of methoxy groups -OCH3 is 2. The van der Waals surface area contributed by atoms with Gasteiger partial charge in [0.2, 0.25) is 0 Å². The highest BCUT2D eigenvalue weighted by Gasteiger charge is 2.15. The van der Waals surface area contributed by atoms with Crippen molar-refractivity contribution in [2.24, 2.45) is 0 Å². The molecule has 1 aromatic carbocycles. The molecule has 0 bridgehead atoms. The molecule has 0 aliphatic rings. The van der Waals surface area contributed by atoms with Crippen LogP contribution in [-0.2, 0) is 19.0 Å². The first-order valence-corrected chi connectivity index (χ1v) is 6.15. The maximum atomic E-state index is 11.6. The molecule has 0 spiro atoms. The molecule has 0 saturated carbocycles. The highest BCUT2D eigenvalue weighted by molar-refractivity contribution is 5.95. The monoisotopic (exact) mass is 281 g/mol. The third kappa shape index (κ3) is 4.89. The second-order valence-corrected chi connectivity index (χ2v) is 4.10. The minimum atomic E-state index is -0.428. The van der Waals surface area contributed by atoms with Gasteiger partial charge in [-0.05, 0) is 12.1 Å². The van der Waals surface area contributed by atoms with Crippen LogP contribution < -0.4 is 5.32 Å². The van der Waals surface area contributed by atoms with Gasteiger partial charge in [0.05, 0.1) is 25.8 Å². The van der Waals surface area contributed by atoms with Crippen LogP contribution in [0.5, 0.6) is 0 Å². The second-order valence-electron chi connectivity index (χ2n) is 4.10. The van der Waals surface area contributed by atoms with Crippen LogP contribution in [0.15, 0.2) is 24.3 Å². The quantitative estimate of drug-likeness (QED) is 0.763. The van der Waals surface area contributed by atoms with Crippen molar-refractivity contribution in [2.75, 3.05) is 32.7 Å². The summed E-state index contributed by atoms with van der Waals surface area (Å²) in [6, 6.07) is 6.96. The average molecular weight is 281 g/mol. The number of hydrogen-bond acceptors (Lipinski definition) is 6. The van der Waals surface area contributed by atoms with Crippen molar-refractivity contribution in [2.45, 2.75) is 13.0 Å². The maximum absolute atomic E-state index is 11.6. The Bertz CT molecular complexity index is 461. The van der Waals surface area contributed by atoms with E-state index in [4.69, 9.17) is 14.2 Å². The molecular weight excluding hydrogens is 262 g/mol. The largest absolute Gasteiger partial charge is 0.465 e. The van der Waals surface area contributed by atoms with Gasteiger partial charge in [-0.25, -0.2) is 4.79 Å².